The zero-order valence-electron chi connectivity index (χ0n) is 15.4. The maximum absolute atomic E-state index is 14.4. The molecule has 0 spiro atoms. The lowest BCUT2D eigenvalue weighted by molar-refractivity contribution is -0.136. The van der Waals surface area contributed by atoms with Gasteiger partial charge in [-0.1, -0.05) is 24.3 Å². The fourth-order valence-corrected chi connectivity index (χ4v) is 2.80. The predicted molar refractivity (Wildman–Crippen MR) is 103 cm³/mol. The van der Waals surface area contributed by atoms with Crippen molar-refractivity contribution in [1.29, 1.82) is 0 Å². The lowest BCUT2D eigenvalue weighted by Gasteiger charge is -2.13. The molecule has 0 saturated heterocycles. The molecule has 0 radical (unpaired) electrons. The molecule has 3 rings (SSSR count). The second-order valence-corrected chi connectivity index (χ2v) is 6.18. The normalized spacial score (nSPS) is 10.5. The first kappa shape index (κ1) is 19.4. The van der Waals surface area contributed by atoms with Gasteiger partial charge >= 0.3 is 5.97 Å². The van der Waals surface area contributed by atoms with Crippen LogP contribution in [-0.4, -0.2) is 23.2 Å². The number of carboxylic acids is 1. The smallest absolute Gasteiger partial charge is 0.303 e. The van der Waals surface area contributed by atoms with Gasteiger partial charge < -0.3 is 14.6 Å². The summed E-state index contributed by atoms with van der Waals surface area (Å²) in [4.78, 5) is 14.8. The third-order valence-corrected chi connectivity index (χ3v) is 4.31. The molecule has 1 aromatic heterocycles. The van der Waals surface area contributed by atoms with Gasteiger partial charge in [0, 0.05) is 29.8 Å². The number of aromatic nitrogens is 1. The third kappa shape index (κ3) is 4.85. The zero-order chi connectivity index (χ0) is 19.9. The van der Waals surface area contributed by atoms with Gasteiger partial charge in [-0.2, -0.15) is 0 Å². The van der Waals surface area contributed by atoms with Gasteiger partial charge in [0.15, 0.2) is 0 Å². The van der Waals surface area contributed by atoms with Gasteiger partial charge in [-0.25, -0.2) is 9.37 Å². The highest BCUT2D eigenvalue weighted by atomic mass is 19.1. The summed E-state index contributed by atoms with van der Waals surface area (Å²) in [5, 5.41) is 8.74. The zero-order valence-corrected chi connectivity index (χ0v) is 15.4. The Balaban J connectivity index is 1.74. The van der Waals surface area contributed by atoms with E-state index in [2.05, 4.69) is 4.98 Å². The molecule has 0 atom stereocenters. The highest BCUT2D eigenvalue weighted by Gasteiger charge is 2.12. The molecule has 0 unspecified atom stereocenters. The Morgan fingerprint density at radius 2 is 1.89 bits per heavy atom. The van der Waals surface area contributed by atoms with Crippen LogP contribution < -0.4 is 9.47 Å². The first-order valence-corrected chi connectivity index (χ1v) is 8.78. The largest absolute Gasteiger partial charge is 0.489 e. The summed E-state index contributed by atoms with van der Waals surface area (Å²) < 4.78 is 25.3. The summed E-state index contributed by atoms with van der Waals surface area (Å²) in [6.07, 6.45) is 2.17. The van der Waals surface area contributed by atoms with Crippen LogP contribution in [-0.2, 0) is 17.8 Å². The van der Waals surface area contributed by atoms with E-state index in [-0.39, 0.29) is 18.8 Å². The van der Waals surface area contributed by atoms with Gasteiger partial charge in [-0.3, -0.25) is 4.79 Å². The fourth-order valence-electron chi connectivity index (χ4n) is 2.80. The second kappa shape index (κ2) is 8.99. The molecular formula is C22H20FNO4. The minimum Gasteiger partial charge on any atom is -0.489 e. The topological polar surface area (TPSA) is 68.7 Å². The molecule has 0 fully saturated rings. The van der Waals surface area contributed by atoms with Gasteiger partial charge in [-0.15, -0.1) is 0 Å². The van der Waals surface area contributed by atoms with Crippen molar-refractivity contribution >= 4 is 5.97 Å². The van der Waals surface area contributed by atoms with Crippen molar-refractivity contribution in [3.8, 4) is 22.8 Å². The maximum Gasteiger partial charge on any atom is 0.303 e. The molecule has 0 aliphatic carbocycles. The lowest BCUT2D eigenvalue weighted by atomic mass is 10.0. The standard InChI is InChI=1S/C22H20FNO4/c1-27-21-11-8-16(13-24-21)18-3-2-4-20(23)19(18)14-28-17-9-5-15(6-10-17)7-12-22(25)26/h2-6,8-11,13H,7,12,14H2,1H3,(H,25,26). The van der Waals surface area contributed by atoms with Crippen molar-refractivity contribution < 1.29 is 23.8 Å². The van der Waals surface area contributed by atoms with E-state index in [4.69, 9.17) is 14.6 Å². The number of pyridine rings is 1. The van der Waals surface area contributed by atoms with Gasteiger partial charge in [0.25, 0.3) is 0 Å². The van der Waals surface area contributed by atoms with E-state index in [9.17, 15) is 9.18 Å². The molecule has 0 saturated carbocycles. The molecule has 1 N–H and O–H groups in total. The lowest BCUT2D eigenvalue weighted by Crippen LogP contribution is -2.02. The molecule has 5 nitrogen and oxygen atoms in total. The fraction of sp³-hybridized carbons (Fsp3) is 0.182. The number of rotatable bonds is 8. The number of methoxy groups -OCH3 is 1. The highest BCUT2D eigenvalue weighted by Crippen LogP contribution is 2.27. The number of aliphatic carboxylic acids is 1. The first-order chi connectivity index (χ1) is 13.6. The number of halogens is 1. The van der Waals surface area contributed by atoms with Crippen LogP contribution in [0.25, 0.3) is 11.1 Å². The molecule has 6 heteroatoms. The van der Waals surface area contributed by atoms with Crippen LogP contribution in [0.15, 0.2) is 60.8 Å². The quantitative estimate of drug-likeness (QED) is 0.623. The molecule has 0 aliphatic rings. The van der Waals surface area contributed by atoms with E-state index in [0.717, 1.165) is 11.1 Å². The van der Waals surface area contributed by atoms with Gasteiger partial charge in [0.05, 0.1) is 7.11 Å². The van der Waals surface area contributed by atoms with Crippen molar-refractivity contribution in [2.75, 3.05) is 7.11 Å². The van der Waals surface area contributed by atoms with Gasteiger partial charge in [0.1, 0.15) is 18.2 Å². The van der Waals surface area contributed by atoms with Crippen molar-refractivity contribution in [3.63, 3.8) is 0 Å². The molecule has 2 aromatic carbocycles. The highest BCUT2D eigenvalue weighted by molar-refractivity contribution is 5.67. The predicted octanol–water partition coefficient (Wildman–Crippen LogP) is 4.49. The molecule has 3 aromatic rings. The molecule has 1 heterocycles. The summed E-state index contributed by atoms with van der Waals surface area (Å²) in [5.41, 5.74) is 2.81. The molecule has 0 bridgehead atoms. The van der Waals surface area contributed by atoms with Crippen LogP contribution in [0, 0.1) is 5.82 Å². The summed E-state index contributed by atoms with van der Waals surface area (Å²) >= 11 is 0. The number of benzene rings is 2. The number of carboxylic acid groups (broad SMARTS) is 1. The maximum atomic E-state index is 14.4. The SMILES string of the molecule is COc1ccc(-c2cccc(F)c2COc2ccc(CCC(=O)O)cc2)cn1. The average molecular weight is 381 g/mol. The number of hydrogen-bond donors (Lipinski definition) is 1. The number of hydrogen-bond acceptors (Lipinski definition) is 4. The minimum atomic E-state index is -0.833. The van der Waals surface area contributed by atoms with E-state index >= 15 is 0 Å². The summed E-state index contributed by atoms with van der Waals surface area (Å²) in [6.45, 7) is 0.0580. The van der Waals surface area contributed by atoms with Crippen LogP contribution >= 0.6 is 0 Å². The van der Waals surface area contributed by atoms with Crippen molar-refractivity contribution in [2.24, 2.45) is 0 Å². The molecular weight excluding hydrogens is 361 g/mol. The Kier molecular flexibility index (Phi) is 6.22. The number of aryl methyl sites for hydroxylation is 1. The Morgan fingerprint density at radius 3 is 2.54 bits per heavy atom. The first-order valence-electron chi connectivity index (χ1n) is 8.78. The molecule has 144 valence electrons. The summed E-state index contributed by atoms with van der Waals surface area (Å²) in [5.74, 6) is -0.117. The Morgan fingerprint density at radius 1 is 1.11 bits per heavy atom. The van der Waals surface area contributed by atoms with Crippen molar-refractivity contribution in [3.05, 3.63) is 77.7 Å². The van der Waals surface area contributed by atoms with Crippen LogP contribution in [0.5, 0.6) is 11.6 Å². The Bertz CT molecular complexity index is 940. The van der Waals surface area contributed by atoms with Crippen molar-refractivity contribution in [2.45, 2.75) is 19.4 Å². The van der Waals surface area contributed by atoms with E-state index in [1.165, 1.54) is 13.2 Å². The summed E-state index contributed by atoms with van der Waals surface area (Å²) in [6, 6.07) is 15.5. The van der Waals surface area contributed by atoms with Crippen LogP contribution in [0.3, 0.4) is 0 Å². The third-order valence-electron chi connectivity index (χ3n) is 4.31. The minimum absolute atomic E-state index is 0.0580. The van der Waals surface area contributed by atoms with Crippen LogP contribution in [0.2, 0.25) is 0 Å². The average Bonchev–Trinajstić information content (AvgIpc) is 2.72. The van der Waals surface area contributed by atoms with Crippen LogP contribution in [0.1, 0.15) is 17.5 Å². The molecule has 0 amide bonds. The van der Waals surface area contributed by atoms with E-state index in [1.807, 2.05) is 24.3 Å². The van der Waals surface area contributed by atoms with Crippen LogP contribution in [0.4, 0.5) is 4.39 Å². The van der Waals surface area contributed by atoms with Gasteiger partial charge in [0.2, 0.25) is 5.88 Å². The monoisotopic (exact) mass is 381 g/mol. The number of ether oxygens (including phenoxy) is 2. The molecule has 0 aliphatic heterocycles. The van der Waals surface area contributed by atoms with E-state index < -0.39 is 5.97 Å². The molecule has 28 heavy (non-hydrogen) atoms. The number of carbonyl (C=O) groups is 1. The van der Waals surface area contributed by atoms with E-state index in [1.54, 1.807) is 30.5 Å². The summed E-state index contributed by atoms with van der Waals surface area (Å²) in [7, 11) is 1.54. The Labute approximate surface area is 162 Å². The van der Waals surface area contributed by atoms with Crippen molar-refractivity contribution in [1.82, 2.24) is 4.98 Å². The van der Waals surface area contributed by atoms with Gasteiger partial charge in [-0.05, 0) is 41.8 Å². The second-order valence-electron chi connectivity index (χ2n) is 6.18. The number of nitrogens with zero attached hydrogens (tertiary/aromatic N) is 1. The Hall–Kier alpha value is -3.41. The van der Waals surface area contributed by atoms with E-state index in [0.29, 0.717) is 29.2 Å².